The van der Waals surface area contributed by atoms with Crippen LogP contribution in [-0.2, 0) is 11.2 Å². The lowest BCUT2D eigenvalue weighted by Crippen LogP contribution is -2.42. The molecule has 0 saturated heterocycles. The van der Waals surface area contributed by atoms with Gasteiger partial charge in [0.15, 0.2) is 11.5 Å². The van der Waals surface area contributed by atoms with E-state index in [1.54, 1.807) is 14.2 Å². The maximum absolute atomic E-state index is 13.2. The summed E-state index contributed by atoms with van der Waals surface area (Å²) in [5.74, 6) is 1.52. The summed E-state index contributed by atoms with van der Waals surface area (Å²) in [7, 11) is 3.27. The van der Waals surface area contributed by atoms with Crippen LogP contribution in [0.4, 0.5) is 0 Å². The van der Waals surface area contributed by atoms with Crippen molar-refractivity contribution in [1.29, 1.82) is 0 Å². The van der Waals surface area contributed by atoms with E-state index in [9.17, 15) is 4.79 Å². The van der Waals surface area contributed by atoms with E-state index in [4.69, 9.17) is 21.1 Å². The first kappa shape index (κ1) is 20.5. The fourth-order valence-electron chi connectivity index (χ4n) is 3.81. The zero-order valence-corrected chi connectivity index (χ0v) is 18.0. The Morgan fingerprint density at radius 3 is 2.43 bits per heavy atom. The Labute approximate surface area is 172 Å². The van der Waals surface area contributed by atoms with Crippen molar-refractivity contribution in [3.8, 4) is 11.5 Å². The molecule has 1 aliphatic rings. The lowest BCUT2D eigenvalue weighted by Gasteiger charge is -2.39. The fraction of sp³-hybridized carbons (Fsp3) is 0.435. The van der Waals surface area contributed by atoms with Crippen LogP contribution in [-0.4, -0.2) is 31.6 Å². The molecule has 3 rings (SSSR count). The van der Waals surface area contributed by atoms with Gasteiger partial charge in [-0.15, -0.1) is 0 Å². The van der Waals surface area contributed by atoms with Crippen molar-refractivity contribution in [1.82, 2.24) is 4.90 Å². The highest BCUT2D eigenvalue weighted by molar-refractivity contribution is 6.30. The van der Waals surface area contributed by atoms with Crippen molar-refractivity contribution in [3.05, 3.63) is 58.1 Å². The third kappa shape index (κ3) is 4.27. The van der Waals surface area contributed by atoms with Crippen LogP contribution in [0.1, 0.15) is 49.9 Å². The van der Waals surface area contributed by atoms with Crippen LogP contribution < -0.4 is 9.47 Å². The summed E-state index contributed by atoms with van der Waals surface area (Å²) in [6.07, 6.45) is 1.27. The number of rotatable bonds is 4. The number of amides is 1. The van der Waals surface area contributed by atoms with E-state index in [0.29, 0.717) is 29.5 Å². The standard InChI is InChI=1S/C23H28ClNO3/c1-23(2,3)14-21(26)25-10-9-15-12-19(27-4)20(28-5)13-18(15)22(25)16-7-6-8-17(24)11-16/h6-8,11-13,22H,9-10,14H2,1-5H3. The van der Waals surface area contributed by atoms with Gasteiger partial charge in [-0.3, -0.25) is 4.79 Å². The average molecular weight is 402 g/mol. The van der Waals surface area contributed by atoms with Gasteiger partial charge in [-0.25, -0.2) is 0 Å². The number of carbonyl (C=O) groups excluding carboxylic acids is 1. The molecule has 0 saturated carbocycles. The highest BCUT2D eigenvalue weighted by Gasteiger charge is 2.34. The van der Waals surface area contributed by atoms with Crippen molar-refractivity contribution >= 4 is 17.5 Å². The molecule has 1 heterocycles. The van der Waals surface area contributed by atoms with Crippen LogP contribution in [0, 0.1) is 5.41 Å². The van der Waals surface area contributed by atoms with E-state index in [1.165, 1.54) is 5.56 Å². The second-order valence-corrected chi connectivity index (χ2v) is 8.87. The number of carbonyl (C=O) groups is 1. The average Bonchev–Trinajstić information content (AvgIpc) is 2.64. The van der Waals surface area contributed by atoms with Gasteiger partial charge in [-0.1, -0.05) is 44.5 Å². The summed E-state index contributed by atoms with van der Waals surface area (Å²) in [4.78, 5) is 15.2. The van der Waals surface area contributed by atoms with Crippen LogP contribution in [0.2, 0.25) is 5.02 Å². The molecule has 0 aromatic heterocycles. The van der Waals surface area contributed by atoms with Crippen LogP contribution in [0.5, 0.6) is 11.5 Å². The number of hydrogen-bond donors (Lipinski definition) is 0. The Hall–Kier alpha value is -2.20. The smallest absolute Gasteiger partial charge is 0.223 e. The summed E-state index contributed by atoms with van der Waals surface area (Å²) >= 11 is 6.28. The number of halogens is 1. The molecule has 1 unspecified atom stereocenters. The van der Waals surface area contributed by atoms with E-state index in [2.05, 4.69) is 20.8 Å². The van der Waals surface area contributed by atoms with Gasteiger partial charge in [0, 0.05) is 18.0 Å². The Balaban J connectivity index is 2.13. The monoisotopic (exact) mass is 401 g/mol. The van der Waals surface area contributed by atoms with Crippen LogP contribution in [0.3, 0.4) is 0 Å². The van der Waals surface area contributed by atoms with Crippen LogP contribution in [0.25, 0.3) is 0 Å². The van der Waals surface area contributed by atoms with Gasteiger partial charge in [-0.05, 0) is 52.8 Å². The van der Waals surface area contributed by atoms with E-state index < -0.39 is 0 Å². The van der Waals surface area contributed by atoms with Crippen molar-refractivity contribution in [2.45, 2.75) is 39.7 Å². The van der Waals surface area contributed by atoms with Gasteiger partial charge in [0.1, 0.15) is 0 Å². The van der Waals surface area contributed by atoms with E-state index in [0.717, 1.165) is 17.5 Å². The SMILES string of the molecule is COc1cc2c(cc1OC)C(c1cccc(Cl)c1)N(C(=O)CC(C)(C)C)CC2. The minimum atomic E-state index is -0.197. The molecule has 4 nitrogen and oxygen atoms in total. The molecule has 28 heavy (non-hydrogen) atoms. The summed E-state index contributed by atoms with van der Waals surface area (Å²) in [6, 6.07) is 11.6. The van der Waals surface area contributed by atoms with Crippen molar-refractivity contribution in [3.63, 3.8) is 0 Å². The van der Waals surface area contributed by atoms with Gasteiger partial charge < -0.3 is 14.4 Å². The van der Waals surface area contributed by atoms with Crippen molar-refractivity contribution < 1.29 is 14.3 Å². The Morgan fingerprint density at radius 2 is 1.82 bits per heavy atom. The molecular formula is C23H28ClNO3. The normalized spacial score (nSPS) is 16.5. The van der Waals surface area contributed by atoms with Crippen molar-refractivity contribution in [2.75, 3.05) is 20.8 Å². The molecule has 150 valence electrons. The molecule has 2 aromatic rings. The molecule has 0 fully saturated rings. The summed E-state index contributed by atoms with van der Waals surface area (Å²) in [5, 5.41) is 0.660. The van der Waals surface area contributed by atoms with Crippen LogP contribution in [0.15, 0.2) is 36.4 Å². The van der Waals surface area contributed by atoms with Crippen LogP contribution >= 0.6 is 11.6 Å². The van der Waals surface area contributed by atoms with Gasteiger partial charge in [0.2, 0.25) is 5.91 Å². The van der Waals surface area contributed by atoms with Gasteiger partial charge in [0.05, 0.1) is 20.3 Å². The molecule has 1 amide bonds. The third-order valence-corrected chi connectivity index (χ3v) is 5.28. The zero-order valence-electron chi connectivity index (χ0n) is 17.2. The highest BCUT2D eigenvalue weighted by Crippen LogP contribution is 2.42. The Bertz CT molecular complexity index is 873. The molecule has 1 atom stereocenters. The van der Waals surface area contributed by atoms with Gasteiger partial charge in [0.25, 0.3) is 0 Å². The largest absolute Gasteiger partial charge is 0.493 e. The number of ether oxygens (including phenoxy) is 2. The number of fused-ring (bicyclic) bond motifs is 1. The molecule has 0 radical (unpaired) electrons. The minimum Gasteiger partial charge on any atom is -0.493 e. The Morgan fingerprint density at radius 1 is 1.14 bits per heavy atom. The Kier molecular flexibility index (Phi) is 5.90. The topological polar surface area (TPSA) is 38.8 Å². The molecule has 2 aromatic carbocycles. The quantitative estimate of drug-likeness (QED) is 0.700. The van der Waals surface area contributed by atoms with E-state index in [-0.39, 0.29) is 17.4 Å². The third-order valence-electron chi connectivity index (χ3n) is 5.04. The molecule has 0 aliphatic carbocycles. The first-order chi connectivity index (χ1) is 13.2. The molecular weight excluding hydrogens is 374 g/mol. The minimum absolute atomic E-state index is 0.0756. The van der Waals surface area contributed by atoms with Gasteiger partial charge >= 0.3 is 0 Å². The zero-order chi connectivity index (χ0) is 20.5. The summed E-state index contributed by atoms with van der Waals surface area (Å²) in [5.41, 5.74) is 3.16. The lowest BCUT2D eigenvalue weighted by atomic mass is 9.85. The fourth-order valence-corrected chi connectivity index (χ4v) is 4.00. The maximum atomic E-state index is 13.2. The predicted octanol–water partition coefficient (Wildman–Crippen LogP) is 5.27. The molecule has 1 aliphatic heterocycles. The van der Waals surface area contributed by atoms with Gasteiger partial charge in [-0.2, -0.15) is 0 Å². The summed E-state index contributed by atoms with van der Waals surface area (Å²) < 4.78 is 11.0. The second-order valence-electron chi connectivity index (χ2n) is 8.44. The first-order valence-corrected chi connectivity index (χ1v) is 9.91. The van der Waals surface area contributed by atoms with E-state index in [1.807, 2.05) is 41.3 Å². The number of hydrogen-bond acceptors (Lipinski definition) is 3. The molecule has 0 spiro atoms. The van der Waals surface area contributed by atoms with E-state index >= 15 is 0 Å². The number of benzene rings is 2. The maximum Gasteiger partial charge on any atom is 0.223 e. The number of nitrogens with zero attached hydrogens (tertiary/aromatic N) is 1. The number of methoxy groups -OCH3 is 2. The molecule has 0 N–H and O–H groups in total. The molecule has 5 heteroatoms. The lowest BCUT2D eigenvalue weighted by molar-refractivity contribution is -0.135. The molecule has 0 bridgehead atoms. The highest BCUT2D eigenvalue weighted by atomic mass is 35.5. The van der Waals surface area contributed by atoms with Crippen molar-refractivity contribution in [2.24, 2.45) is 5.41 Å². The summed E-state index contributed by atoms with van der Waals surface area (Å²) in [6.45, 7) is 6.93. The second kappa shape index (κ2) is 8.04. The first-order valence-electron chi connectivity index (χ1n) is 9.53. The predicted molar refractivity (Wildman–Crippen MR) is 112 cm³/mol.